The van der Waals surface area contributed by atoms with Crippen LogP contribution in [0.5, 0.6) is 0 Å². The number of aliphatic hydroxyl groups excluding tert-OH is 5. The van der Waals surface area contributed by atoms with Crippen molar-refractivity contribution in [2.45, 2.75) is 108 Å². The standard InChI is InChI=1S/C20H43NO5/c1-2-3-4-5-6-7-8-9-10-11-12-13-14-21-15-17(23)19(25)20(26)18(24)16-22/h17-26H,2-16H2,1H3/t17-,18+,19+,20+/m0/s1. The predicted octanol–water partition coefficient (Wildman–Crippen LogP) is 1.71. The molecule has 0 aromatic carbocycles. The molecule has 6 N–H and O–H groups in total. The van der Waals surface area contributed by atoms with Crippen molar-refractivity contribution in [3.8, 4) is 0 Å². The first kappa shape index (κ1) is 25.8. The van der Waals surface area contributed by atoms with Crippen molar-refractivity contribution in [2.24, 2.45) is 0 Å². The maximum Gasteiger partial charge on any atom is 0.111 e. The molecule has 0 aromatic rings. The summed E-state index contributed by atoms with van der Waals surface area (Å²) in [6.07, 6.45) is 9.86. The van der Waals surface area contributed by atoms with Crippen LogP contribution in [0.25, 0.3) is 0 Å². The average molecular weight is 378 g/mol. The van der Waals surface area contributed by atoms with Crippen LogP contribution in [0.2, 0.25) is 0 Å². The Morgan fingerprint density at radius 1 is 0.615 bits per heavy atom. The summed E-state index contributed by atoms with van der Waals surface area (Å²) in [5.41, 5.74) is 0. The summed E-state index contributed by atoms with van der Waals surface area (Å²) < 4.78 is 0. The van der Waals surface area contributed by atoms with Gasteiger partial charge in [0, 0.05) is 6.54 Å². The molecule has 0 spiro atoms. The van der Waals surface area contributed by atoms with Crippen LogP contribution in [0, 0.1) is 0 Å². The molecular formula is C20H43NO5. The quantitative estimate of drug-likeness (QED) is 0.191. The van der Waals surface area contributed by atoms with Crippen LogP contribution in [0.4, 0.5) is 0 Å². The van der Waals surface area contributed by atoms with Crippen LogP contribution in [-0.2, 0) is 0 Å². The van der Waals surface area contributed by atoms with E-state index in [-0.39, 0.29) is 6.54 Å². The first-order chi connectivity index (χ1) is 12.5. The number of aliphatic hydroxyl groups is 5. The summed E-state index contributed by atoms with van der Waals surface area (Å²) in [6.45, 7) is 2.49. The van der Waals surface area contributed by atoms with Crippen molar-refractivity contribution in [2.75, 3.05) is 19.7 Å². The molecule has 6 heteroatoms. The van der Waals surface area contributed by atoms with Gasteiger partial charge in [0.1, 0.15) is 18.3 Å². The van der Waals surface area contributed by atoms with E-state index >= 15 is 0 Å². The van der Waals surface area contributed by atoms with E-state index in [1.54, 1.807) is 0 Å². The highest BCUT2D eigenvalue weighted by Gasteiger charge is 2.29. The van der Waals surface area contributed by atoms with E-state index in [0.717, 1.165) is 19.4 Å². The molecule has 0 aliphatic carbocycles. The minimum Gasteiger partial charge on any atom is -0.394 e. The first-order valence-electron chi connectivity index (χ1n) is 10.6. The molecular weight excluding hydrogens is 334 g/mol. The molecule has 0 radical (unpaired) electrons. The van der Waals surface area contributed by atoms with Crippen molar-refractivity contribution in [1.29, 1.82) is 0 Å². The summed E-state index contributed by atoms with van der Waals surface area (Å²) in [5, 5.41) is 50.0. The third-order valence-electron chi connectivity index (χ3n) is 4.89. The van der Waals surface area contributed by atoms with Gasteiger partial charge in [-0.15, -0.1) is 0 Å². The van der Waals surface area contributed by atoms with E-state index < -0.39 is 31.0 Å². The Morgan fingerprint density at radius 3 is 1.50 bits per heavy atom. The van der Waals surface area contributed by atoms with Gasteiger partial charge in [-0.25, -0.2) is 0 Å². The van der Waals surface area contributed by atoms with E-state index in [1.165, 1.54) is 64.2 Å². The minimum atomic E-state index is -1.55. The van der Waals surface area contributed by atoms with Crippen LogP contribution in [0.1, 0.15) is 84.0 Å². The third-order valence-corrected chi connectivity index (χ3v) is 4.89. The van der Waals surface area contributed by atoms with Gasteiger partial charge in [-0.1, -0.05) is 77.6 Å². The molecule has 0 aliphatic rings. The maximum absolute atomic E-state index is 9.76. The van der Waals surface area contributed by atoms with E-state index in [9.17, 15) is 20.4 Å². The second-order valence-corrected chi connectivity index (χ2v) is 7.39. The van der Waals surface area contributed by atoms with Crippen molar-refractivity contribution in [1.82, 2.24) is 5.32 Å². The van der Waals surface area contributed by atoms with Crippen molar-refractivity contribution in [3.05, 3.63) is 0 Å². The topological polar surface area (TPSA) is 113 Å². The summed E-state index contributed by atoms with van der Waals surface area (Å²) in [6, 6.07) is 0. The average Bonchev–Trinajstić information content (AvgIpc) is 2.66. The molecule has 0 heterocycles. The summed E-state index contributed by atoms with van der Waals surface area (Å²) >= 11 is 0. The van der Waals surface area contributed by atoms with Crippen molar-refractivity contribution < 1.29 is 25.5 Å². The predicted molar refractivity (Wildman–Crippen MR) is 105 cm³/mol. The van der Waals surface area contributed by atoms with Crippen LogP contribution in [0.15, 0.2) is 0 Å². The van der Waals surface area contributed by atoms with E-state index in [2.05, 4.69) is 12.2 Å². The van der Waals surface area contributed by atoms with Gasteiger partial charge in [-0.2, -0.15) is 0 Å². The molecule has 0 aromatic heterocycles. The number of hydrogen-bond donors (Lipinski definition) is 6. The Morgan fingerprint density at radius 2 is 1.04 bits per heavy atom. The van der Waals surface area contributed by atoms with Crippen molar-refractivity contribution in [3.63, 3.8) is 0 Å². The maximum atomic E-state index is 9.76. The monoisotopic (exact) mass is 377 g/mol. The van der Waals surface area contributed by atoms with Gasteiger partial charge in [0.25, 0.3) is 0 Å². The lowest BCUT2D eigenvalue weighted by atomic mass is 10.0. The van der Waals surface area contributed by atoms with Gasteiger partial charge in [-0.3, -0.25) is 0 Å². The zero-order chi connectivity index (χ0) is 19.6. The van der Waals surface area contributed by atoms with Crippen LogP contribution < -0.4 is 5.32 Å². The molecule has 0 aliphatic heterocycles. The molecule has 0 saturated heterocycles. The lowest BCUT2D eigenvalue weighted by Gasteiger charge is -2.25. The van der Waals surface area contributed by atoms with Gasteiger partial charge in [0.05, 0.1) is 12.7 Å². The summed E-state index contributed by atoms with van der Waals surface area (Å²) in [7, 11) is 0. The molecule has 6 nitrogen and oxygen atoms in total. The zero-order valence-corrected chi connectivity index (χ0v) is 16.7. The third kappa shape index (κ3) is 13.9. The highest BCUT2D eigenvalue weighted by molar-refractivity contribution is 4.81. The zero-order valence-electron chi connectivity index (χ0n) is 16.7. The molecule has 0 fully saturated rings. The summed E-state index contributed by atoms with van der Waals surface area (Å²) in [4.78, 5) is 0. The Bertz CT molecular complexity index is 293. The first-order valence-corrected chi connectivity index (χ1v) is 10.6. The largest absolute Gasteiger partial charge is 0.394 e. The lowest BCUT2D eigenvalue weighted by molar-refractivity contribution is -0.113. The van der Waals surface area contributed by atoms with E-state index in [1.807, 2.05) is 0 Å². The van der Waals surface area contributed by atoms with Crippen LogP contribution in [0.3, 0.4) is 0 Å². The van der Waals surface area contributed by atoms with Crippen LogP contribution >= 0.6 is 0 Å². The molecule has 4 atom stereocenters. The Balaban J connectivity index is 3.37. The van der Waals surface area contributed by atoms with Crippen LogP contribution in [-0.4, -0.2) is 69.6 Å². The second-order valence-electron chi connectivity index (χ2n) is 7.39. The van der Waals surface area contributed by atoms with Gasteiger partial charge < -0.3 is 30.8 Å². The molecule has 26 heavy (non-hydrogen) atoms. The molecule has 0 bridgehead atoms. The molecule has 158 valence electrons. The number of nitrogens with one attached hydrogen (secondary N) is 1. The fraction of sp³-hybridized carbons (Fsp3) is 1.00. The van der Waals surface area contributed by atoms with Gasteiger partial charge in [0.15, 0.2) is 0 Å². The van der Waals surface area contributed by atoms with E-state index in [0.29, 0.717) is 0 Å². The van der Waals surface area contributed by atoms with Gasteiger partial charge in [-0.05, 0) is 13.0 Å². The molecule has 0 rings (SSSR count). The van der Waals surface area contributed by atoms with Gasteiger partial charge >= 0.3 is 0 Å². The SMILES string of the molecule is CCCCCCCCCCCCCCNC[C@H](O)[C@@H](O)[C@H](O)[C@H](O)CO. The lowest BCUT2D eigenvalue weighted by Crippen LogP contribution is -2.49. The normalized spacial score (nSPS) is 16.4. The summed E-state index contributed by atoms with van der Waals surface area (Å²) in [5.74, 6) is 0. The Hall–Kier alpha value is -0.240. The molecule has 0 amide bonds. The molecule has 0 unspecified atom stereocenters. The van der Waals surface area contributed by atoms with Gasteiger partial charge in [0.2, 0.25) is 0 Å². The highest BCUT2D eigenvalue weighted by atomic mass is 16.4. The number of hydrogen-bond acceptors (Lipinski definition) is 6. The Labute approximate surface area is 159 Å². The number of rotatable bonds is 19. The van der Waals surface area contributed by atoms with E-state index in [4.69, 9.17) is 5.11 Å². The minimum absolute atomic E-state index is 0.147. The van der Waals surface area contributed by atoms with Crippen molar-refractivity contribution >= 4 is 0 Å². The number of unbranched alkanes of at least 4 members (excludes halogenated alkanes) is 11. The fourth-order valence-electron chi connectivity index (χ4n) is 3.02. The smallest absolute Gasteiger partial charge is 0.111 e. The second kappa shape index (κ2) is 18.1. The molecule has 0 saturated carbocycles. The fourth-order valence-corrected chi connectivity index (χ4v) is 3.02. The highest BCUT2D eigenvalue weighted by Crippen LogP contribution is 2.11. The Kier molecular flexibility index (Phi) is 18.0.